The predicted molar refractivity (Wildman–Crippen MR) is 75.0 cm³/mol. The quantitative estimate of drug-likeness (QED) is 0.795. The highest BCUT2D eigenvalue weighted by molar-refractivity contribution is 9.09. The highest BCUT2D eigenvalue weighted by Gasteiger charge is 2.31. The van der Waals surface area contributed by atoms with Crippen molar-refractivity contribution in [3.05, 3.63) is 35.9 Å². The lowest BCUT2D eigenvalue weighted by Gasteiger charge is -2.33. The Hall–Kier alpha value is -1.10. The van der Waals surface area contributed by atoms with Crippen molar-refractivity contribution in [1.29, 1.82) is 0 Å². The second-order valence-electron chi connectivity index (χ2n) is 4.71. The number of rotatable bonds is 3. The van der Waals surface area contributed by atoms with Gasteiger partial charge in [0.15, 0.2) is 0 Å². The van der Waals surface area contributed by atoms with Crippen LogP contribution < -0.4 is 0 Å². The van der Waals surface area contributed by atoms with Crippen LogP contribution in [0.1, 0.15) is 12.0 Å². The second kappa shape index (κ2) is 6.89. The average Bonchev–Trinajstić information content (AvgIpc) is 2.46. The van der Waals surface area contributed by atoms with Crippen LogP contribution in [0.15, 0.2) is 30.3 Å². The molecule has 1 aliphatic rings. The number of carbonyl (C=O) groups excluding carboxylic acids is 1. The van der Waals surface area contributed by atoms with E-state index in [1.807, 2.05) is 30.3 Å². The zero-order valence-electron chi connectivity index (χ0n) is 10.6. The Kier molecular flexibility index (Phi) is 5.19. The number of amides is 1. The summed E-state index contributed by atoms with van der Waals surface area (Å²) in [5.41, 5.74) is 0.952. The molecule has 1 aromatic carbocycles. The van der Waals surface area contributed by atoms with Crippen LogP contribution in [0, 0.1) is 5.92 Å². The molecule has 0 N–H and O–H groups in total. The van der Waals surface area contributed by atoms with E-state index in [2.05, 4.69) is 15.9 Å². The molecule has 1 amide bonds. The van der Waals surface area contributed by atoms with E-state index in [1.54, 1.807) is 4.90 Å². The van der Waals surface area contributed by atoms with Crippen molar-refractivity contribution in [3.63, 3.8) is 0 Å². The summed E-state index contributed by atoms with van der Waals surface area (Å²) >= 11 is 3.28. The Morgan fingerprint density at radius 1 is 1.42 bits per heavy atom. The SMILES string of the molecule is O=C(OCc1ccccc1)N1CCC(F)C(CBr)C1. The van der Waals surface area contributed by atoms with Crippen molar-refractivity contribution in [2.45, 2.75) is 19.2 Å². The first-order chi connectivity index (χ1) is 9.20. The number of hydrogen-bond donors (Lipinski definition) is 0. The van der Waals surface area contributed by atoms with Crippen molar-refractivity contribution in [1.82, 2.24) is 4.90 Å². The monoisotopic (exact) mass is 329 g/mol. The number of carbonyl (C=O) groups is 1. The normalized spacial score (nSPS) is 23.2. The molecule has 0 saturated carbocycles. The summed E-state index contributed by atoms with van der Waals surface area (Å²) in [4.78, 5) is 13.5. The third kappa shape index (κ3) is 3.93. The van der Waals surface area contributed by atoms with Crippen LogP contribution in [0.25, 0.3) is 0 Å². The third-order valence-electron chi connectivity index (χ3n) is 3.30. The van der Waals surface area contributed by atoms with Crippen molar-refractivity contribution in [2.75, 3.05) is 18.4 Å². The summed E-state index contributed by atoms with van der Waals surface area (Å²) in [6, 6.07) is 9.53. The van der Waals surface area contributed by atoms with Crippen molar-refractivity contribution in [3.8, 4) is 0 Å². The van der Waals surface area contributed by atoms with Gasteiger partial charge in [0, 0.05) is 24.3 Å². The van der Waals surface area contributed by atoms with Crippen LogP contribution >= 0.6 is 15.9 Å². The van der Waals surface area contributed by atoms with Crippen molar-refractivity contribution in [2.24, 2.45) is 5.92 Å². The molecule has 2 rings (SSSR count). The van der Waals surface area contributed by atoms with E-state index in [0.29, 0.717) is 24.8 Å². The zero-order valence-corrected chi connectivity index (χ0v) is 12.2. The Morgan fingerprint density at radius 2 is 2.16 bits per heavy atom. The fourth-order valence-electron chi connectivity index (χ4n) is 2.13. The lowest BCUT2D eigenvalue weighted by molar-refractivity contribution is 0.0596. The fraction of sp³-hybridized carbons (Fsp3) is 0.500. The molecule has 2 atom stereocenters. The van der Waals surface area contributed by atoms with Gasteiger partial charge in [-0.2, -0.15) is 0 Å². The van der Waals surface area contributed by atoms with Crippen LogP contribution in [0.5, 0.6) is 0 Å². The van der Waals surface area contributed by atoms with Crippen LogP contribution in [0.4, 0.5) is 9.18 Å². The Morgan fingerprint density at radius 3 is 2.84 bits per heavy atom. The van der Waals surface area contributed by atoms with Gasteiger partial charge in [-0.15, -0.1) is 0 Å². The highest BCUT2D eigenvalue weighted by atomic mass is 79.9. The summed E-state index contributed by atoms with van der Waals surface area (Å²) in [7, 11) is 0. The fourth-order valence-corrected chi connectivity index (χ4v) is 2.74. The third-order valence-corrected chi connectivity index (χ3v) is 4.13. The minimum absolute atomic E-state index is 0.141. The summed E-state index contributed by atoms with van der Waals surface area (Å²) in [5.74, 6) is -0.141. The maximum absolute atomic E-state index is 13.5. The Bertz CT molecular complexity index is 415. The van der Waals surface area contributed by atoms with Crippen molar-refractivity contribution < 1.29 is 13.9 Å². The zero-order chi connectivity index (χ0) is 13.7. The smallest absolute Gasteiger partial charge is 0.410 e. The molecule has 0 aliphatic carbocycles. The molecule has 0 bridgehead atoms. The van der Waals surface area contributed by atoms with E-state index in [1.165, 1.54) is 0 Å². The van der Waals surface area contributed by atoms with Gasteiger partial charge in [0.2, 0.25) is 0 Å². The molecule has 1 saturated heterocycles. The van der Waals surface area contributed by atoms with Crippen LogP contribution in [-0.4, -0.2) is 35.6 Å². The standard InChI is InChI=1S/C14H17BrFNO2/c15-8-12-9-17(7-6-13(12)16)14(18)19-10-11-4-2-1-3-5-11/h1-5,12-13H,6-10H2. The molecule has 1 aliphatic heterocycles. The molecule has 5 heteroatoms. The molecule has 0 aromatic heterocycles. The van der Waals surface area contributed by atoms with E-state index < -0.39 is 6.17 Å². The largest absolute Gasteiger partial charge is 0.445 e. The minimum atomic E-state index is -0.836. The molecule has 1 fully saturated rings. The number of benzene rings is 1. The van der Waals surface area contributed by atoms with Gasteiger partial charge in [0.1, 0.15) is 12.8 Å². The summed E-state index contributed by atoms with van der Waals surface area (Å²) < 4.78 is 18.8. The maximum atomic E-state index is 13.5. The van der Waals surface area contributed by atoms with E-state index in [-0.39, 0.29) is 18.6 Å². The van der Waals surface area contributed by atoms with Crippen molar-refractivity contribution >= 4 is 22.0 Å². The topological polar surface area (TPSA) is 29.5 Å². The molecular weight excluding hydrogens is 313 g/mol. The molecule has 0 spiro atoms. The molecule has 0 radical (unpaired) electrons. The van der Waals surface area contributed by atoms with Gasteiger partial charge in [-0.1, -0.05) is 46.3 Å². The maximum Gasteiger partial charge on any atom is 0.410 e. The molecule has 104 valence electrons. The number of ether oxygens (including phenoxy) is 1. The average molecular weight is 330 g/mol. The number of alkyl halides is 2. The molecule has 1 aromatic rings. The van der Waals surface area contributed by atoms with Crippen LogP contribution in [-0.2, 0) is 11.3 Å². The van der Waals surface area contributed by atoms with Gasteiger partial charge in [0.25, 0.3) is 0 Å². The van der Waals surface area contributed by atoms with E-state index in [0.717, 1.165) is 5.56 Å². The van der Waals surface area contributed by atoms with Crippen LogP contribution in [0.3, 0.4) is 0 Å². The van der Waals surface area contributed by atoms with Gasteiger partial charge in [-0.3, -0.25) is 0 Å². The lowest BCUT2D eigenvalue weighted by Crippen LogP contribution is -2.45. The summed E-state index contributed by atoms with van der Waals surface area (Å²) in [5, 5.41) is 0.566. The molecule has 1 heterocycles. The van der Waals surface area contributed by atoms with Gasteiger partial charge in [-0.25, -0.2) is 9.18 Å². The van der Waals surface area contributed by atoms with Gasteiger partial charge < -0.3 is 9.64 Å². The summed E-state index contributed by atoms with van der Waals surface area (Å²) in [6.45, 7) is 1.10. The predicted octanol–water partition coefficient (Wildman–Crippen LogP) is 3.38. The first-order valence-electron chi connectivity index (χ1n) is 6.36. The minimum Gasteiger partial charge on any atom is -0.445 e. The lowest BCUT2D eigenvalue weighted by atomic mass is 9.98. The molecule has 3 nitrogen and oxygen atoms in total. The first kappa shape index (κ1) is 14.3. The number of hydrogen-bond acceptors (Lipinski definition) is 2. The Balaban J connectivity index is 1.83. The van der Waals surface area contributed by atoms with E-state index in [4.69, 9.17) is 4.74 Å². The molecule has 19 heavy (non-hydrogen) atoms. The van der Waals surface area contributed by atoms with Gasteiger partial charge in [0.05, 0.1) is 0 Å². The first-order valence-corrected chi connectivity index (χ1v) is 7.48. The van der Waals surface area contributed by atoms with Gasteiger partial charge >= 0.3 is 6.09 Å². The van der Waals surface area contributed by atoms with Crippen LogP contribution in [0.2, 0.25) is 0 Å². The van der Waals surface area contributed by atoms with E-state index >= 15 is 0 Å². The number of likely N-dealkylation sites (tertiary alicyclic amines) is 1. The Labute approximate surface area is 120 Å². The molecule has 2 unspecified atom stereocenters. The number of piperidine rings is 1. The highest BCUT2D eigenvalue weighted by Crippen LogP contribution is 2.22. The number of nitrogens with zero attached hydrogens (tertiary/aromatic N) is 1. The summed E-state index contributed by atoms with van der Waals surface area (Å²) in [6.07, 6.45) is -0.810. The number of halogens is 2. The molecular formula is C14H17BrFNO2. The second-order valence-corrected chi connectivity index (χ2v) is 5.35. The van der Waals surface area contributed by atoms with Gasteiger partial charge in [-0.05, 0) is 12.0 Å². The van der Waals surface area contributed by atoms with E-state index in [9.17, 15) is 9.18 Å².